The fraction of sp³-hybridized carbons (Fsp3) is 0.429. The van der Waals surface area contributed by atoms with E-state index in [0.717, 1.165) is 16.8 Å². The predicted octanol–water partition coefficient (Wildman–Crippen LogP) is 1.98. The number of rotatable bonds is 3. The van der Waals surface area contributed by atoms with Crippen molar-refractivity contribution >= 4 is 21.7 Å². The summed E-state index contributed by atoms with van der Waals surface area (Å²) in [5.74, 6) is 0. The minimum Gasteiger partial charge on any atom is -0.365 e. The third-order valence-corrected chi connectivity index (χ3v) is 8.59. The standard InChI is InChI=1S/C21H24N4O4S/c1-15-5-2-3-7-18(15)23-20(26)24-12-17-9-19-21(13-24,29-17)14-25(30(19,27)28)11-16-6-4-8-22-10-16/h2-8,10,17,19H,9,11-14H2,1H3,(H,23,26)/t17-,19+,21+/m0/s1. The third kappa shape index (κ3) is 3.17. The summed E-state index contributed by atoms with van der Waals surface area (Å²) in [7, 11) is -3.52. The van der Waals surface area contributed by atoms with Gasteiger partial charge in [-0.25, -0.2) is 13.2 Å². The van der Waals surface area contributed by atoms with Crippen LogP contribution >= 0.6 is 0 Å². The Morgan fingerprint density at radius 2 is 2.10 bits per heavy atom. The number of hydrogen-bond acceptors (Lipinski definition) is 5. The molecule has 0 radical (unpaired) electrons. The molecule has 0 unspecified atom stereocenters. The molecule has 2 aromatic rings. The summed E-state index contributed by atoms with van der Waals surface area (Å²) in [4.78, 5) is 18.7. The van der Waals surface area contributed by atoms with E-state index in [1.54, 1.807) is 23.4 Å². The number of aryl methyl sites for hydroxylation is 1. The Bertz CT molecular complexity index is 1080. The lowest BCUT2D eigenvalue weighted by Gasteiger charge is -2.39. The molecule has 3 saturated heterocycles. The van der Waals surface area contributed by atoms with Crippen molar-refractivity contribution in [2.24, 2.45) is 0 Å². The highest BCUT2D eigenvalue weighted by atomic mass is 32.2. The molecule has 2 amide bonds. The smallest absolute Gasteiger partial charge is 0.322 e. The first-order chi connectivity index (χ1) is 14.4. The molecular weight excluding hydrogens is 404 g/mol. The van der Waals surface area contributed by atoms with Crippen LogP contribution in [0.25, 0.3) is 0 Å². The van der Waals surface area contributed by atoms with E-state index in [9.17, 15) is 13.2 Å². The molecule has 0 saturated carbocycles. The van der Waals surface area contributed by atoms with E-state index in [1.807, 2.05) is 37.3 Å². The van der Waals surface area contributed by atoms with E-state index in [1.165, 1.54) is 4.31 Å². The van der Waals surface area contributed by atoms with Crippen LogP contribution in [-0.2, 0) is 21.3 Å². The zero-order valence-electron chi connectivity index (χ0n) is 16.7. The molecule has 3 aliphatic rings. The second-order valence-electron chi connectivity index (χ2n) is 8.33. The number of sulfonamides is 1. The van der Waals surface area contributed by atoms with Gasteiger partial charge in [-0.2, -0.15) is 4.31 Å². The first-order valence-corrected chi connectivity index (χ1v) is 11.5. The number of fused-ring (bicyclic) bond motifs is 1. The van der Waals surface area contributed by atoms with Crippen LogP contribution in [0, 0.1) is 6.92 Å². The summed E-state index contributed by atoms with van der Waals surface area (Å²) in [5.41, 5.74) is 1.68. The molecular formula is C21H24N4O4S. The fourth-order valence-electron chi connectivity index (χ4n) is 4.85. The lowest BCUT2D eigenvalue weighted by molar-refractivity contribution is -0.0946. The molecule has 9 heteroatoms. The number of aromatic nitrogens is 1. The van der Waals surface area contributed by atoms with Crippen molar-refractivity contribution in [3.05, 3.63) is 59.9 Å². The minimum atomic E-state index is -3.52. The molecule has 30 heavy (non-hydrogen) atoms. The Kier molecular flexibility index (Phi) is 4.57. The molecule has 3 fully saturated rings. The van der Waals surface area contributed by atoms with Gasteiger partial charge >= 0.3 is 6.03 Å². The van der Waals surface area contributed by atoms with Crippen LogP contribution in [0.4, 0.5) is 10.5 Å². The molecule has 1 aromatic carbocycles. The number of amides is 2. The van der Waals surface area contributed by atoms with E-state index >= 15 is 0 Å². The Hall–Kier alpha value is -2.49. The highest BCUT2D eigenvalue weighted by molar-refractivity contribution is 7.90. The predicted molar refractivity (Wildman–Crippen MR) is 111 cm³/mol. The van der Waals surface area contributed by atoms with Gasteiger partial charge in [0.15, 0.2) is 0 Å². The van der Waals surface area contributed by atoms with Crippen LogP contribution in [0.3, 0.4) is 0 Å². The van der Waals surface area contributed by atoms with Gasteiger partial charge in [-0.05, 0) is 36.6 Å². The number of likely N-dealkylation sites (tertiary alicyclic amines) is 1. The van der Waals surface area contributed by atoms with Crippen LogP contribution in [0.5, 0.6) is 0 Å². The highest BCUT2D eigenvalue weighted by Gasteiger charge is 2.65. The number of urea groups is 1. The van der Waals surface area contributed by atoms with Gasteiger partial charge in [-0.15, -0.1) is 0 Å². The van der Waals surface area contributed by atoms with Crippen LogP contribution in [0.1, 0.15) is 17.5 Å². The molecule has 1 spiro atoms. The number of nitrogens with one attached hydrogen (secondary N) is 1. The van der Waals surface area contributed by atoms with Gasteiger partial charge in [0.25, 0.3) is 0 Å². The number of nitrogens with zero attached hydrogens (tertiary/aromatic N) is 3. The summed E-state index contributed by atoms with van der Waals surface area (Å²) in [6, 6.07) is 11.0. The van der Waals surface area contributed by atoms with Crippen molar-refractivity contribution in [3.63, 3.8) is 0 Å². The normalized spacial score (nSPS) is 29.6. The van der Waals surface area contributed by atoms with Crippen LogP contribution in [0.2, 0.25) is 0 Å². The maximum Gasteiger partial charge on any atom is 0.322 e. The highest BCUT2D eigenvalue weighted by Crippen LogP contribution is 2.47. The first kappa shape index (κ1) is 19.5. The zero-order chi connectivity index (χ0) is 20.9. The summed E-state index contributed by atoms with van der Waals surface area (Å²) >= 11 is 0. The number of benzene rings is 1. The second-order valence-corrected chi connectivity index (χ2v) is 10.4. The van der Waals surface area contributed by atoms with Crippen molar-refractivity contribution in [1.29, 1.82) is 0 Å². The molecule has 4 heterocycles. The van der Waals surface area contributed by atoms with E-state index in [4.69, 9.17) is 4.74 Å². The van der Waals surface area contributed by atoms with Gasteiger partial charge in [-0.3, -0.25) is 4.98 Å². The number of carbonyl (C=O) groups excluding carboxylic acids is 1. The quantitative estimate of drug-likeness (QED) is 0.807. The maximum atomic E-state index is 13.2. The first-order valence-electron chi connectivity index (χ1n) is 10.0. The van der Waals surface area contributed by atoms with Gasteiger partial charge in [0, 0.05) is 37.7 Å². The summed E-state index contributed by atoms with van der Waals surface area (Å²) in [6.07, 6.45) is 3.49. The van der Waals surface area contributed by atoms with Crippen molar-refractivity contribution in [2.45, 2.75) is 36.8 Å². The zero-order valence-corrected chi connectivity index (χ0v) is 17.5. The average Bonchev–Trinajstić information content (AvgIpc) is 3.09. The Labute approximate surface area is 175 Å². The van der Waals surface area contributed by atoms with E-state index in [0.29, 0.717) is 13.0 Å². The Morgan fingerprint density at radius 1 is 1.27 bits per heavy atom. The Morgan fingerprint density at radius 3 is 2.87 bits per heavy atom. The van der Waals surface area contributed by atoms with Crippen LogP contribution in [-0.4, -0.2) is 65.2 Å². The number of morpholine rings is 1. The average molecular weight is 429 g/mol. The molecule has 8 nitrogen and oxygen atoms in total. The lowest BCUT2D eigenvalue weighted by atomic mass is 9.99. The van der Waals surface area contributed by atoms with Gasteiger partial charge < -0.3 is 15.0 Å². The Balaban J connectivity index is 1.36. The van der Waals surface area contributed by atoms with Crippen molar-refractivity contribution in [2.75, 3.05) is 25.0 Å². The van der Waals surface area contributed by atoms with Crippen LogP contribution in [0.15, 0.2) is 48.8 Å². The number of anilines is 1. The third-order valence-electron chi connectivity index (χ3n) is 6.27. The summed E-state index contributed by atoms with van der Waals surface area (Å²) in [5, 5.41) is 2.33. The molecule has 158 valence electrons. The van der Waals surface area contributed by atoms with Gasteiger partial charge in [0.2, 0.25) is 10.0 Å². The van der Waals surface area contributed by atoms with Crippen molar-refractivity contribution < 1.29 is 17.9 Å². The fourth-order valence-corrected chi connectivity index (χ4v) is 7.14. The number of ether oxygens (including phenoxy) is 1. The largest absolute Gasteiger partial charge is 0.365 e. The van der Waals surface area contributed by atoms with Gasteiger partial charge in [-0.1, -0.05) is 24.3 Å². The summed E-state index contributed by atoms with van der Waals surface area (Å²) in [6.45, 7) is 3.10. The molecule has 1 N–H and O–H groups in total. The monoisotopic (exact) mass is 428 g/mol. The van der Waals surface area contributed by atoms with E-state index in [-0.39, 0.29) is 31.8 Å². The van der Waals surface area contributed by atoms with Crippen LogP contribution < -0.4 is 5.32 Å². The van der Waals surface area contributed by atoms with Crippen molar-refractivity contribution in [1.82, 2.24) is 14.2 Å². The van der Waals surface area contributed by atoms with Gasteiger partial charge in [0.1, 0.15) is 10.9 Å². The molecule has 3 aliphatic heterocycles. The second kappa shape index (κ2) is 7.04. The molecule has 1 aromatic heterocycles. The number of para-hydroxylation sites is 1. The molecule has 2 bridgehead atoms. The molecule has 5 rings (SSSR count). The summed E-state index contributed by atoms with van der Waals surface area (Å²) < 4.78 is 34.2. The SMILES string of the molecule is Cc1ccccc1NC(=O)N1C[C@@H]2C[C@@H]3[C@@](C1)(CN(Cc1cccnc1)S3(=O)=O)O2. The molecule has 3 atom stereocenters. The van der Waals surface area contributed by atoms with Crippen molar-refractivity contribution in [3.8, 4) is 0 Å². The number of pyridine rings is 1. The number of hydrogen-bond donors (Lipinski definition) is 1. The number of carbonyl (C=O) groups is 1. The maximum absolute atomic E-state index is 13.2. The molecule has 0 aliphatic carbocycles. The van der Waals surface area contributed by atoms with E-state index < -0.39 is 20.9 Å². The lowest BCUT2D eigenvalue weighted by Crippen LogP contribution is -2.57. The van der Waals surface area contributed by atoms with E-state index in [2.05, 4.69) is 10.3 Å². The van der Waals surface area contributed by atoms with Gasteiger partial charge in [0.05, 0.1) is 12.6 Å². The minimum absolute atomic E-state index is 0.222. The topological polar surface area (TPSA) is 91.8 Å².